The fraction of sp³-hybridized carbons (Fsp3) is 0.280. The normalized spacial score (nSPS) is 16.5. The summed E-state index contributed by atoms with van der Waals surface area (Å²) in [6, 6.07) is 18.6. The molecular formula is C25H24ClN3O3S2. The zero-order chi connectivity index (χ0) is 23.9. The van der Waals surface area contributed by atoms with E-state index in [0.29, 0.717) is 42.3 Å². The van der Waals surface area contributed by atoms with E-state index in [2.05, 4.69) is 33.8 Å². The smallest absolute Gasteiger partial charge is 0.251 e. The van der Waals surface area contributed by atoms with Crippen molar-refractivity contribution in [2.45, 2.75) is 31.2 Å². The Hall–Kier alpha value is -2.52. The highest BCUT2D eigenvalue weighted by Gasteiger charge is 2.32. The van der Waals surface area contributed by atoms with Gasteiger partial charge in [-0.1, -0.05) is 53.3 Å². The predicted molar refractivity (Wildman–Crippen MR) is 136 cm³/mol. The molecule has 1 aliphatic heterocycles. The standard InChI is InChI=1S/C25H24ClN3O3S2/c1-2-29-22-12-7-17-5-3-4-6-21(17)23(22)33-25(29)27-24(30)18-13-15-28(16-14-18)34(31,32)20-10-8-19(26)9-11-20/h3-12,18H,2,13-16H2,1H3. The van der Waals surface area contributed by atoms with Crippen molar-refractivity contribution in [3.63, 3.8) is 0 Å². The molecule has 0 aliphatic carbocycles. The zero-order valence-corrected chi connectivity index (χ0v) is 21.0. The van der Waals surface area contributed by atoms with Crippen molar-refractivity contribution in [1.29, 1.82) is 0 Å². The molecule has 1 aliphatic rings. The maximum Gasteiger partial charge on any atom is 0.251 e. The number of amides is 1. The van der Waals surface area contributed by atoms with Crippen LogP contribution in [0.2, 0.25) is 5.02 Å². The molecule has 0 saturated carbocycles. The van der Waals surface area contributed by atoms with Crippen LogP contribution in [-0.2, 0) is 21.4 Å². The van der Waals surface area contributed by atoms with E-state index in [1.807, 2.05) is 19.1 Å². The van der Waals surface area contributed by atoms with E-state index in [1.165, 1.54) is 27.8 Å². The van der Waals surface area contributed by atoms with Crippen molar-refractivity contribution >= 4 is 59.9 Å². The Labute approximate surface area is 207 Å². The minimum atomic E-state index is -3.60. The van der Waals surface area contributed by atoms with Crippen LogP contribution in [0.25, 0.3) is 21.0 Å². The van der Waals surface area contributed by atoms with E-state index in [0.717, 1.165) is 21.0 Å². The Morgan fingerprint density at radius 3 is 2.47 bits per heavy atom. The molecule has 0 bridgehead atoms. The number of hydrogen-bond donors (Lipinski definition) is 0. The Morgan fingerprint density at radius 1 is 1.06 bits per heavy atom. The molecule has 1 fully saturated rings. The molecular weight excluding hydrogens is 490 g/mol. The van der Waals surface area contributed by atoms with E-state index < -0.39 is 10.0 Å². The number of nitrogens with zero attached hydrogens (tertiary/aromatic N) is 3. The molecule has 1 saturated heterocycles. The van der Waals surface area contributed by atoms with Crippen molar-refractivity contribution in [2.24, 2.45) is 10.9 Å². The van der Waals surface area contributed by atoms with Crippen LogP contribution in [0.1, 0.15) is 19.8 Å². The van der Waals surface area contributed by atoms with Crippen LogP contribution in [0.15, 0.2) is 70.6 Å². The lowest BCUT2D eigenvalue weighted by molar-refractivity contribution is -0.122. The Balaban J connectivity index is 1.38. The molecule has 0 spiro atoms. The highest BCUT2D eigenvalue weighted by Crippen LogP contribution is 2.28. The van der Waals surface area contributed by atoms with Crippen LogP contribution >= 0.6 is 22.9 Å². The van der Waals surface area contributed by atoms with E-state index >= 15 is 0 Å². The van der Waals surface area contributed by atoms with E-state index in [9.17, 15) is 13.2 Å². The van der Waals surface area contributed by atoms with Gasteiger partial charge >= 0.3 is 0 Å². The van der Waals surface area contributed by atoms with Crippen LogP contribution in [0.4, 0.5) is 0 Å². The van der Waals surface area contributed by atoms with Crippen molar-refractivity contribution in [2.75, 3.05) is 13.1 Å². The number of rotatable bonds is 4. The average Bonchev–Trinajstić information content (AvgIpc) is 3.21. The minimum Gasteiger partial charge on any atom is -0.317 e. The Morgan fingerprint density at radius 2 is 1.76 bits per heavy atom. The molecule has 1 aromatic heterocycles. The Kier molecular flexibility index (Phi) is 6.33. The average molecular weight is 514 g/mol. The van der Waals surface area contributed by atoms with Crippen LogP contribution in [0.5, 0.6) is 0 Å². The van der Waals surface area contributed by atoms with Gasteiger partial charge in [0, 0.05) is 36.0 Å². The van der Waals surface area contributed by atoms with Gasteiger partial charge in [-0.15, -0.1) is 0 Å². The lowest BCUT2D eigenvalue weighted by atomic mass is 9.98. The number of thiazole rings is 1. The van der Waals surface area contributed by atoms with E-state index in [1.54, 1.807) is 12.1 Å². The molecule has 176 valence electrons. The van der Waals surface area contributed by atoms with Gasteiger partial charge in [-0.3, -0.25) is 4.79 Å². The highest BCUT2D eigenvalue weighted by molar-refractivity contribution is 7.89. The van der Waals surface area contributed by atoms with Crippen LogP contribution in [0, 0.1) is 5.92 Å². The van der Waals surface area contributed by atoms with Gasteiger partial charge in [0.25, 0.3) is 5.91 Å². The molecule has 0 N–H and O–H groups in total. The van der Waals surface area contributed by atoms with Gasteiger partial charge in [0.15, 0.2) is 4.80 Å². The molecule has 2 heterocycles. The van der Waals surface area contributed by atoms with E-state index in [-0.39, 0.29) is 16.7 Å². The number of carbonyl (C=O) groups is 1. The van der Waals surface area contributed by atoms with Crippen molar-refractivity contribution in [3.05, 3.63) is 70.5 Å². The summed E-state index contributed by atoms with van der Waals surface area (Å²) in [4.78, 5) is 18.5. The number of aryl methyl sites for hydroxylation is 1. The van der Waals surface area contributed by atoms with Gasteiger partial charge in [0.1, 0.15) is 0 Å². The highest BCUT2D eigenvalue weighted by atomic mass is 35.5. The molecule has 4 aromatic rings. The third kappa shape index (κ3) is 4.20. The van der Waals surface area contributed by atoms with Gasteiger partial charge in [-0.2, -0.15) is 9.30 Å². The number of hydrogen-bond acceptors (Lipinski definition) is 4. The number of sulfonamides is 1. The quantitative estimate of drug-likeness (QED) is 0.383. The van der Waals surface area contributed by atoms with Gasteiger partial charge in [-0.25, -0.2) is 8.42 Å². The molecule has 1 amide bonds. The second kappa shape index (κ2) is 9.26. The summed E-state index contributed by atoms with van der Waals surface area (Å²) in [5.41, 5.74) is 1.07. The number of aromatic nitrogens is 1. The summed E-state index contributed by atoms with van der Waals surface area (Å²) in [5.74, 6) is -0.467. The summed E-state index contributed by atoms with van der Waals surface area (Å²) in [6.07, 6.45) is 0.907. The number of piperidine rings is 1. The van der Waals surface area contributed by atoms with Crippen molar-refractivity contribution in [1.82, 2.24) is 8.87 Å². The number of halogens is 1. The number of carbonyl (C=O) groups excluding carboxylic acids is 1. The number of benzene rings is 3. The first-order valence-electron chi connectivity index (χ1n) is 11.2. The van der Waals surface area contributed by atoms with Gasteiger partial charge in [0.05, 0.1) is 15.1 Å². The molecule has 9 heteroatoms. The fourth-order valence-electron chi connectivity index (χ4n) is 4.47. The lowest BCUT2D eigenvalue weighted by Gasteiger charge is -2.29. The largest absolute Gasteiger partial charge is 0.317 e. The summed E-state index contributed by atoms with van der Waals surface area (Å²) in [6.45, 7) is 3.34. The first-order chi connectivity index (χ1) is 16.4. The SMILES string of the molecule is CCn1c(=NC(=O)C2CCN(S(=O)(=O)c3ccc(Cl)cc3)CC2)sc2c3ccccc3ccc21. The lowest BCUT2D eigenvalue weighted by Crippen LogP contribution is -2.40. The molecule has 5 rings (SSSR count). The van der Waals surface area contributed by atoms with Gasteiger partial charge in [-0.05, 0) is 55.5 Å². The van der Waals surface area contributed by atoms with Gasteiger partial charge < -0.3 is 4.57 Å². The maximum atomic E-state index is 13.1. The van der Waals surface area contributed by atoms with Crippen LogP contribution < -0.4 is 4.80 Å². The zero-order valence-electron chi connectivity index (χ0n) is 18.6. The first kappa shape index (κ1) is 23.2. The minimum absolute atomic E-state index is 0.179. The molecule has 3 aromatic carbocycles. The third-order valence-corrected chi connectivity index (χ3v) is 9.64. The second-order valence-corrected chi connectivity index (χ2v) is 11.7. The monoisotopic (exact) mass is 513 g/mol. The van der Waals surface area contributed by atoms with E-state index in [4.69, 9.17) is 11.6 Å². The molecule has 6 nitrogen and oxygen atoms in total. The van der Waals surface area contributed by atoms with Crippen LogP contribution in [0.3, 0.4) is 0 Å². The summed E-state index contributed by atoms with van der Waals surface area (Å²) in [7, 11) is -3.60. The predicted octanol–water partition coefficient (Wildman–Crippen LogP) is 5.06. The molecule has 0 atom stereocenters. The summed E-state index contributed by atoms with van der Waals surface area (Å²) in [5, 5.41) is 2.80. The fourth-order valence-corrected chi connectivity index (χ4v) is 7.30. The van der Waals surface area contributed by atoms with Crippen molar-refractivity contribution < 1.29 is 13.2 Å². The molecule has 0 radical (unpaired) electrons. The Bertz CT molecular complexity index is 1550. The second-order valence-electron chi connectivity index (χ2n) is 8.35. The summed E-state index contributed by atoms with van der Waals surface area (Å²) < 4.78 is 30.5. The number of fused-ring (bicyclic) bond motifs is 3. The topological polar surface area (TPSA) is 71.7 Å². The molecule has 0 unspecified atom stereocenters. The maximum absolute atomic E-state index is 13.1. The van der Waals surface area contributed by atoms with Crippen LogP contribution in [-0.4, -0.2) is 36.3 Å². The van der Waals surface area contributed by atoms with Crippen molar-refractivity contribution in [3.8, 4) is 0 Å². The third-order valence-electron chi connectivity index (χ3n) is 6.35. The first-order valence-corrected chi connectivity index (χ1v) is 13.9. The summed E-state index contributed by atoms with van der Waals surface area (Å²) >= 11 is 7.42. The molecule has 34 heavy (non-hydrogen) atoms. The van der Waals surface area contributed by atoms with Gasteiger partial charge in [0.2, 0.25) is 10.0 Å².